The van der Waals surface area contributed by atoms with Crippen LogP contribution in [-0.4, -0.2) is 16.6 Å². The smallest absolute Gasteiger partial charge is 0.238 e. The molecule has 1 saturated heterocycles. The molecule has 0 saturated carbocycles. The summed E-state index contributed by atoms with van der Waals surface area (Å²) in [7, 11) is 0. The molecule has 1 fully saturated rings. The normalized spacial score (nSPS) is 16.7. The van der Waals surface area contributed by atoms with E-state index in [1.54, 1.807) is 11.8 Å². The van der Waals surface area contributed by atoms with Crippen LogP contribution in [0.25, 0.3) is 22.2 Å². The second kappa shape index (κ2) is 7.45. The molecule has 3 aromatic carbocycles. The molecule has 0 spiro atoms. The number of amides is 1. The highest BCUT2D eigenvalue weighted by molar-refractivity contribution is 8.00. The van der Waals surface area contributed by atoms with Crippen molar-refractivity contribution in [2.24, 2.45) is 0 Å². The zero-order valence-corrected chi connectivity index (χ0v) is 17.6. The Morgan fingerprint density at radius 2 is 1.59 bits per heavy atom. The number of hydrogen-bond acceptors (Lipinski definition) is 2. The number of H-pyrrole nitrogens is 1. The van der Waals surface area contributed by atoms with Gasteiger partial charge in [0, 0.05) is 32.1 Å². The maximum atomic E-state index is 13.1. The Kier molecular flexibility index (Phi) is 4.78. The zero-order valence-electron chi connectivity index (χ0n) is 15.2. The van der Waals surface area contributed by atoms with Gasteiger partial charge >= 0.3 is 0 Å². The predicted molar refractivity (Wildman–Crippen MR) is 123 cm³/mol. The van der Waals surface area contributed by atoms with Crippen LogP contribution in [-0.2, 0) is 4.79 Å². The lowest BCUT2D eigenvalue weighted by atomic mass is 10.1. The third-order valence-corrected chi connectivity index (χ3v) is 6.93. The van der Waals surface area contributed by atoms with Crippen molar-refractivity contribution in [2.75, 3.05) is 10.7 Å². The lowest BCUT2D eigenvalue weighted by molar-refractivity contribution is -0.115. The molecule has 6 heteroatoms. The van der Waals surface area contributed by atoms with E-state index < -0.39 is 0 Å². The number of carbonyl (C=O) groups is 1. The van der Waals surface area contributed by atoms with E-state index in [1.807, 2.05) is 77.7 Å². The van der Waals surface area contributed by atoms with Crippen molar-refractivity contribution in [1.82, 2.24) is 4.98 Å². The van der Waals surface area contributed by atoms with Gasteiger partial charge in [-0.15, -0.1) is 11.8 Å². The zero-order chi connectivity index (χ0) is 20.0. The van der Waals surface area contributed by atoms with E-state index in [1.165, 1.54) is 0 Å². The van der Waals surface area contributed by atoms with Crippen molar-refractivity contribution in [3.05, 3.63) is 88.4 Å². The fraction of sp³-hybridized carbons (Fsp3) is 0.0870. The fourth-order valence-corrected chi connectivity index (χ4v) is 5.78. The maximum Gasteiger partial charge on any atom is 0.238 e. The number of benzene rings is 3. The van der Waals surface area contributed by atoms with Crippen molar-refractivity contribution in [3.8, 4) is 11.3 Å². The van der Waals surface area contributed by atoms with Crippen LogP contribution >= 0.6 is 35.0 Å². The van der Waals surface area contributed by atoms with Crippen LogP contribution in [0.5, 0.6) is 0 Å². The first-order valence-corrected chi connectivity index (χ1v) is 11.0. The summed E-state index contributed by atoms with van der Waals surface area (Å²) in [6, 6.07) is 23.5. The van der Waals surface area contributed by atoms with Crippen LogP contribution in [0.3, 0.4) is 0 Å². The number of para-hydroxylation sites is 1. The summed E-state index contributed by atoms with van der Waals surface area (Å²) < 4.78 is 0. The first kappa shape index (κ1) is 18.6. The first-order valence-electron chi connectivity index (χ1n) is 9.19. The Balaban J connectivity index is 1.76. The van der Waals surface area contributed by atoms with Crippen molar-refractivity contribution in [3.63, 3.8) is 0 Å². The van der Waals surface area contributed by atoms with Gasteiger partial charge in [-0.1, -0.05) is 77.8 Å². The van der Waals surface area contributed by atoms with Crippen LogP contribution in [0.2, 0.25) is 10.0 Å². The Morgan fingerprint density at radius 3 is 2.34 bits per heavy atom. The average Bonchev–Trinajstić information content (AvgIpc) is 3.29. The number of rotatable bonds is 3. The van der Waals surface area contributed by atoms with E-state index in [2.05, 4.69) is 4.98 Å². The molecule has 1 unspecified atom stereocenters. The summed E-state index contributed by atoms with van der Waals surface area (Å²) >= 11 is 14.6. The van der Waals surface area contributed by atoms with Gasteiger partial charge in [-0.2, -0.15) is 0 Å². The Morgan fingerprint density at radius 1 is 0.897 bits per heavy atom. The van der Waals surface area contributed by atoms with Gasteiger partial charge < -0.3 is 4.98 Å². The van der Waals surface area contributed by atoms with Crippen LogP contribution in [0.4, 0.5) is 5.69 Å². The van der Waals surface area contributed by atoms with Gasteiger partial charge in [0.2, 0.25) is 5.91 Å². The Bertz CT molecular complexity index is 1200. The molecular weight excluding hydrogens is 423 g/mol. The second-order valence-electron chi connectivity index (χ2n) is 6.82. The van der Waals surface area contributed by atoms with E-state index >= 15 is 0 Å². The van der Waals surface area contributed by atoms with Gasteiger partial charge in [-0.3, -0.25) is 9.69 Å². The minimum Gasteiger partial charge on any atom is -0.353 e. The highest BCUT2D eigenvalue weighted by Gasteiger charge is 2.39. The summed E-state index contributed by atoms with van der Waals surface area (Å²) in [4.78, 5) is 18.5. The van der Waals surface area contributed by atoms with E-state index in [0.29, 0.717) is 15.8 Å². The Labute approximate surface area is 182 Å². The number of aromatic amines is 1. The van der Waals surface area contributed by atoms with Crippen molar-refractivity contribution in [1.29, 1.82) is 0 Å². The lowest BCUT2D eigenvalue weighted by Gasteiger charge is -2.26. The van der Waals surface area contributed by atoms with Crippen LogP contribution in [0.15, 0.2) is 72.8 Å². The van der Waals surface area contributed by atoms with E-state index in [0.717, 1.165) is 33.4 Å². The van der Waals surface area contributed by atoms with Gasteiger partial charge in [-0.05, 0) is 18.2 Å². The molecule has 1 atom stereocenters. The topological polar surface area (TPSA) is 36.1 Å². The van der Waals surface area contributed by atoms with E-state index in [9.17, 15) is 4.79 Å². The fourth-order valence-electron chi connectivity index (χ4n) is 3.82. The monoisotopic (exact) mass is 438 g/mol. The second-order valence-corrected chi connectivity index (χ2v) is 8.71. The van der Waals surface area contributed by atoms with Gasteiger partial charge in [0.25, 0.3) is 0 Å². The van der Waals surface area contributed by atoms with Crippen molar-refractivity contribution >= 4 is 57.5 Å². The molecule has 0 bridgehead atoms. The summed E-state index contributed by atoms with van der Waals surface area (Å²) in [5, 5.41) is 1.84. The number of nitrogens with zero attached hydrogens (tertiary/aromatic N) is 1. The maximum absolute atomic E-state index is 13.1. The number of aromatic nitrogens is 1. The molecule has 1 aliphatic heterocycles. The number of nitrogens with one attached hydrogen (secondary N) is 1. The first-order chi connectivity index (χ1) is 14.1. The van der Waals surface area contributed by atoms with Crippen molar-refractivity contribution < 1.29 is 4.79 Å². The molecule has 3 nitrogen and oxygen atoms in total. The highest BCUT2D eigenvalue weighted by Crippen LogP contribution is 2.50. The molecule has 4 aromatic rings. The van der Waals surface area contributed by atoms with Crippen LogP contribution in [0.1, 0.15) is 10.9 Å². The number of thioether (sulfide) groups is 1. The predicted octanol–water partition coefficient (Wildman–Crippen LogP) is 6.92. The van der Waals surface area contributed by atoms with E-state index in [-0.39, 0.29) is 11.3 Å². The molecule has 1 aromatic heterocycles. The summed E-state index contributed by atoms with van der Waals surface area (Å²) in [5.41, 5.74) is 4.55. The molecule has 2 heterocycles. The SMILES string of the molecule is O=C1CSC(c2c(Cl)cccc2Cl)N1c1c(-c2ccccc2)[nH]c2ccccc12. The summed E-state index contributed by atoms with van der Waals surface area (Å²) in [5.74, 6) is 0.415. The molecule has 0 radical (unpaired) electrons. The third-order valence-electron chi connectivity index (χ3n) is 5.10. The highest BCUT2D eigenvalue weighted by atomic mass is 35.5. The molecule has 0 aliphatic carbocycles. The lowest BCUT2D eigenvalue weighted by Crippen LogP contribution is -2.28. The molecule has 5 rings (SSSR count). The van der Waals surface area contributed by atoms with Gasteiger partial charge in [0.15, 0.2) is 0 Å². The standard InChI is InChI=1S/C23H16Cl2N2OS/c24-16-10-6-11-17(25)20(16)23-27(19(28)13-29-23)22-15-9-4-5-12-18(15)26-21(22)14-7-2-1-3-8-14/h1-12,23,26H,13H2. The van der Waals surface area contributed by atoms with E-state index in [4.69, 9.17) is 23.2 Å². The number of halogens is 2. The molecular formula is C23H16Cl2N2OS. The third kappa shape index (κ3) is 3.12. The molecule has 1 amide bonds. The molecule has 144 valence electrons. The van der Waals surface area contributed by atoms with Crippen molar-refractivity contribution in [2.45, 2.75) is 5.37 Å². The number of hydrogen-bond donors (Lipinski definition) is 1. The quantitative estimate of drug-likeness (QED) is 0.376. The number of carbonyl (C=O) groups excluding carboxylic acids is 1. The van der Waals surface area contributed by atoms with Crippen LogP contribution in [0, 0.1) is 0 Å². The van der Waals surface area contributed by atoms with Gasteiger partial charge in [0.05, 0.1) is 17.1 Å². The molecule has 29 heavy (non-hydrogen) atoms. The molecule has 1 N–H and O–H groups in total. The molecule has 1 aliphatic rings. The minimum absolute atomic E-state index is 0.0397. The largest absolute Gasteiger partial charge is 0.353 e. The number of fused-ring (bicyclic) bond motifs is 1. The van der Waals surface area contributed by atoms with Gasteiger partial charge in [-0.25, -0.2) is 0 Å². The minimum atomic E-state index is -0.287. The number of anilines is 1. The van der Waals surface area contributed by atoms with Crippen LogP contribution < -0.4 is 4.90 Å². The summed E-state index contributed by atoms with van der Waals surface area (Å²) in [6.07, 6.45) is 0. The van der Waals surface area contributed by atoms with Gasteiger partial charge in [0.1, 0.15) is 5.37 Å². The summed E-state index contributed by atoms with van der Waals surface area (Å²) in [6.45, 7) is 0. The average molecular weight is 439 g/mol. The Hall–Kier alpha value is -2.40.